The summed E-state index contributed by atoms with van der Waals surface area (Å²) in [6.45, 7) is 0. The summed E-state index contributed by atoms with van der Waals surface area (Å²) in [6.07, 6.45) is 2.89. The molecule has 0 saturated heterocycles. The molecule has 1 N–H and O–H groups in total. The maximum Gasteiger partial charge on any atom is 0.118 e. The Hall–Kier alpha value is -3.18. The van der Waals surface area contributed by atoms with Gasteiger partial charge in [0.2, 0.25) is 0 Å². The van der Waals surface area contributed by atoms with Gasteiger partial charge < -0.3 is 14.5 Å². The number of nitrogens with one attached hydrogen (secondary N) is 1. The fourth-order valence-corrected chi connectivity index (χ4v) is 4.23. The first kappa shape index (κ1) is 21.1. The van der Waals surface area contributed by atoms with E-state index in [-0.39, 0.29) is 0 Å². The first-order valence-electron chi connectivity index (χ1n) is 10.1. The summed E-state index contributed by atoms with van der Waals surface area (Å²) < 4.78 is 10.6. The third kappa shape index (κ3) is 4.78. The molecule has 0 spiro atoms. The molecule has 0 radical (unpaired) electrons. The molecule has 31 heavy (non-hydrogen) atoms. The molecular formula is C26H26N2O2S. The van der Waals surface area contributed by atoms with Gasteiger partial charge in [-0.05, 0) is 65.9 Å². The highest BCUT2D eigenvalue weighted by molar-refractivity contribution is 7.97. The van der Waals surface area contributed by atoms with E-state index in [1.54, 1.807) is 14.2 Å². The van der Waals surface area contributed by atoms with Crippen LogP contribution in [0.3, 0.4) is 0 Å². The fourth-order valence-electron chi connectivity index (χ4n) is 3.64. The van der Waals surface area contributed by atoms with Crippen molar-refractivity contribution in [2.45, 2.75) is 12.2 Å². The van der Waals surface area contributed by atoms with Crippen LogP contribution in [0.5, 0.6) is 11.5 Å². The van der Waals surface area contributed by atoms with Crippen LogP contribution >= 0.6 is 11.8 Å². The molecule has 1 heterocycles. The number of aromatic nitrogens is 2. The Morgan fingerprint density at radius 3 is 1.94 bits per heavy atom. The van der Waals surface area contributed by atoms with Gasteiger partial charge in [-0.2, -0.15) is 11.8 Å². The first-order valence-corrected chi connectivity index (χ1v) is 11.5. The lowest BCUT2D eigenvalue weighted by Crippen LogP contribution is -1.96. The van der Waals surface area contributed by atoms with Gasteiger partial charge in [-0.1, -0.05) is 24.3 Å². The average Bonchev–Trinajstić information content (AvgIpc) is 3.24. The van der Waals surface area contributed by atoms with Crippen LogP contribution in [0.2, 0.25) is 0 Å². The number of aromatic amines is 1. The Labute approximate surface area is 187 Å². The average molecular weight is 431 g/mol. The number of rotatable bonds is 8. The van der Waals surface area contributed by atoms with E-state index in [0.717, 1.165) is 52.0 Å². The Balaban J connectivity index is 1.76. The Morgan fingerprint density at radius 1 is 0.774 bits per heavy atom. The zero-order valence-corrected chi connectivity index (χ0v) is 18.8. The van der Waals surface area contributed by atoms with Gasteiger partial charge in [-0.25, -0.2) is 4.98 Å². The first-order chi connectivity index (χ1) is 15.2. The van der Waals surface area contributed by atoms with Gasteiger partial charge in [-0.3, -0.25) is 0 Å². The third-order valence-electron chi connectivity index (χ3n) is 5.27. The number of thioether (sulfide) groups is 1. The van der Waals surface area contributed by atoms with Crippen LogP contribution in [0.1, 0.15) is 17.0 Å². The largest absolute Gasteiger partial charge is 0.497 e. The van der Waals surface area contributed by atoms with Gasteiger partial charge in [0, 0.05) is 23.3 Å². The number of ether oxygens (including phenoxy) is 2. The predicted molar refractivity (Wildman–Crippen MR) is 129 cm³/mol. The molecule has 0 fully saturated rings. The molecule has 5 heteroatoms. The van der Waals surface area contributed by atoms with Gasteiger partial charge >= 0.3 is 0 Å². The van der Waals surface area contributed by atoms with E-state index < -0.39 is 0 Å². The van der Waals surface area contributed by atoms with Gasteiger partial charge in [0.1, 0.15) is 17.3 Å². The molecule has 4 aromatic rings. The Kier molecular flexibility index (Phi) is 6.63. The molecule has 0 amide bonds. The van der Waals surface area contributed by atoms with Crippen LogP contribution in [0.15, 0.2) is 72.8 Å². The maximum absolute atomic E-state index is 5.32. The van der Waals surface area contributed by atoms with Crippen molar-refractivity contribution in [2.75, 3.05) is 20.5 Å². The molecule has 3 aromatic carbocycles. The lowest BCUT2D eigenvalue weighted by Gasteiger charge is -2.06. The lowest BCUT2D eigenvalue weighted by atomic mass is 10.0. The highest BCUT2D eigenvalue weighted by Crippen LogP contribution is 2.33. The molecule has 0 bridgehead atoms. The summed E-state index contributed by atoms with van der Waals surface area (Å²) in [6, 6.07) is 24.7. The summed E-state index contributed by atoms with van der Waals surface area (Å²) >= 11 is 1.83. The van der Waals surface area contributed by atoms with Crippen LogP contribution in [0.25, 0.3) is 22.5 Å². The molecule has 4 nitrogen and oxygen atoms in total. The van der Waals surface area contributed by atoms with Gasteiger partial charge in [-0.15, -0.1) is 0 Å². The quantitative estimate of drug-likeness (QED) is 0.361. The van der Waals surface area contributed by atoms with Crippen molar-refractivity contribution >= 4 is 11.8 Å². The molecule has 0 aliphatic rings. The van der Waals surface area contributed by atoms with E-state index in [9.17, 15) is 0 Å². The molecular weight excluding hydrogens is 404 g/mol. The third-order valence-corrected chi connectivity index (χ3v) is 5.87. The highest BCUT2D eigenvalue weighted by Gasteiger charge is 2.16. The number of methoxy groups -OCH3 is 2. The van der Waals surface area contributed by atoms with Gasteiger partial charge in [0.25, 0.3) is 0 Å². The van der Waals surface area contributed by atoms with Crippen LogP contribution in [-0.2, 0) is 12.2 Å². The number of hydrogen-bond donors (Lipinski definition) is 1. The normalized spacial score (nSPS) is 10.8. The monoisotopic (exact) mass is 430 g/mol. The zero-order valence-electron chi connectivity index (χ0n) is 18.0. The smallest absolute Gasteiger partial charge is 0.118 e. The van der Waals surface area contributed by atoms with E-state index >= 15 is 0 Å². The number of benzene rings is 3. The minimum atomic E-state index is 0.760. The minimum absolute atomic E-state index is 0.760. The van der Waals surface area contributed by atoms with E-state index in [4.69, 9.17) is 14.5 Å². The zero-order chi connectivity index (χ0) is 21.6. The summed E-state index contributed by atoms with van der Waals surface area (Å²) in [7, 11) is 3.36. The summed E-state index contributed by atoms with van der Waals surface area (Å²) in [5, 5.41) is 0. The van der Waals surface area contributed by atoms with Crippen molar-refractivity contribution in [2.24, 2.45) is 0 Å². The number of hydrogen-bond acceptors (Lipinski definition) is 4. The Bertz CT molecular complexity index is 1070. The van der Waals surface area contributed by atoms with Crippen LogP contribution in [-0.4, -0.2) is 30.4 Å². The van der Waals surface area contributed by atoms with Crippen molar-refractivity contribution in [3.05, 3.63) is 89.7 Å². The summed E-state index contributed by atoms with van der Waals surface area (Å²) in [5.74, 6) is 3.61. The van der Waals surface area contributed by atoms with E-state index in [0.29, 0.717) is 0 Å². The summed E-state index contributed by atoms with van der Waals surface area (Å²) in [5.41, 5.74) is 6.71. The Morgan fingerprint density at radius 2 is 1.35 bits per heavy atom. The molecule has 158 valence electrons. The fraction of sp³-hybridized carbons (Fsp3) is 0.192. The lowest BCUT2D eigenvalue weighted by molar-refractivity contribution is 0.414. The van der Waals surface area contributed by atoms with E-state index in [2.05, 4.69) is 47.6 Å². The predicted octanol–water partition coefficient (Wildman–Crippen LogP) is 6.21. The van der Waals surface area contributed by atoms with Crippen molar-refractivity contribution in [1.82, 2.24) is 9.97 Å². The van der Waals surface area contributed by atoms with Crippen molar-refractivity contribution in [1.29, 1.82) is 0 Å². The molecule has 4 rings (SSSR count). The van der Waals surface area contributed by atoms with Gasteiger partial charge in [0.05, 0.1) is 25.6 Å². The number of imidazole rings is 1. The van der Waals surface area contributed by atoms with E-state index in [1.165, 1.54) is 11.1 Å². The second-order valence-electron chi connectivity index (χ2n) is 7.24. The van der Waals surface area contributed by atoms with Crippen LogP contribution in [0.4, 0.5) is 0 Å². The molecule has 0 aliphatic heterocycles. The van der Waals surface area contributed by atoms with Crippen molar-refractivity contribution in [3.63, 3.8) is 0 Å². The number of nitrogens with zero attached hydrogens (tertiary/aromatic N) is 1. The molecule has 0 saturated carbocycles. The molecule has 0 aliphatic carbocycles. The SMILES string of the molecule is COc1ccc(-c2nc(Cc3ccccc3CSC)[nH]c2-c2ccc(OC)cc2)cc1. The molecule has 0 atom stereocenters. The van der Waals surface area contributed by atoms with E-state index in [1.807, 2.05) is 48.2 Å². The topological polar surface area (TPSA) is 47.1 Å². The molecule has 0 unspecified atom stereocenters. The second-order valence-corrected chi connectivity index (χ2v) is 8.11. The highest BCUT2D eigenvalue weighted by atomic mass is 32.2. The van der Waals surface area contributed by atoms with Crippen LogP contribution in [0, 0.1) is 0 Å². The standard InChI is InChI=1S/C26H26N2O2S/c1-29-22-12-8-18(9-13-22)25-26(19-10-14-23(30-2)15-11-19)28-24(27-25)16-20-6-4-5-7-21(20)17-31-3/h4-15H,16-17H2,1-3H3,(H,27,28). The van der Waals surface area contributed by atoms with Crippen molar-refractivity contribution < 1.29 is 9.47 Å². The number of H-pyrrole nitrogens is 1. The minimum Gasteiger partial charge on any atom is -0.497 e. The van der Waals surface area contributed by atoms with Crippen LogP contribution < -0.4 is 9.47 Å². The molecule has 1 aromatic heterocycles. The summed E-state index contributed by atoms with van der Waals surface area (Å²) in [4.78, 5) is 8.61. The maximum atomic E-state index is 5.32. The second kappa shape index (κ2) is 9.75. The van der Waals surface area contributed by atoms with Gasteiger partial charge in [0.15, 0.2) is 0 Å². The van der Waals surface area contributed by atoms with Crippen molar-refractivity contribution in [3.8, 4) is 34.0 Å².